The van der Waals surface area contributed by atoms with Gasteiger partial charge in [0.1, 0.15) is 11.6 Å². The standard InChI is InChI=1S/C17H26FNO/c1-3-19-17(11-13-7-5-4-6-8-13)15-10-9-14(20-2)12-16(15)18/h9-10,12-13,17,19H,3-8,11H2,1-2H3. The van der Waals surface area contributed by atoms with Gasteiger partial charge in [0.2, 0.25) is 0 Å². The van der Waals surface area contributed by atoms with E-state index in [1.807, 2.05) is 12.1 Å². The molecule has 3 heteroatoms. The third-order valence-corrected chi connectivity index (χ3v) is 4.33. The first-order valence-electron chi connectivity index (χ1n) is 7.81. The molecule has 2 nitrogen and oxygen atoms in total. The highest BCUT2D eigenvalue weighted by molar-refractivity contribution is 5.31. The minimum absolute atomic E-state index is 0.119. The smallest absolute Gasteiger partial charge is 0.131 e. The van der Waals surface area contributed by atoms with E-state index in [0.29, 0.717) is 5.75 Å². The summed E-state index contributed by atoms with van der Waals surface area (Å²) in [6, 6.07) is 5.32. The van der Waals surface area contributed by atoms with Gasteiger partial charge in [0.15, 0.2) is 0 Å². The fourth-order valence-corrected chi connectivity index (χ4v) is 3.24. The predicted molar refractivity (Wildman–Crippen MR) is 80.6 cm³/mol. The maximum Gasteiger partial charge on any atom is 0.131 e. The van der Waals surface area contributed by atoms with Crippen LogP contribution in [0.3, 0.4) is 0 Å². The molecule has 112 valence electrons. The quantitative estimate of drug-likeness (QED) is 0.830. The summed E-state index contributed by atoms with van der Waals surface area (Å²) in [4.78, 5) is 0. The molecule has 1 aromatic carbocycles. The molecule has 0 spiro atoms. The highest BCUT2D eigenvalue weighted by Crippen LogP contribution is 2.33. The molecule has 1 fully saturated rings. The van der Waals surface area contributed by atoms with Crippen LogP contribution in [0.15, 0.2) is 18.2 Å². The van der Waals surface area contributed by atoms with Crippen molar-refractivity contribution in [2.24, 2.45) is 5.92 Å². The average Bonchev–Trinajstić information content (AvgIpc) is 2.48. The first kappa shape index (κ1) is 15.3. The summed E-state index contributed by atoms with van der Waals surface area (Å²) >= 11 is 0. The van der Waals surface area contributed by atoms with Gasteiger partial charge in [-0.1, -0.05) is 45.1 Å². The zero-order valence-corrected chi connectivity index (χ0v) is 12.6. The van der Waals surface area contributed by atoms with E-state index in [9.17, 15) is 4.39 Å². The maximum absolute atomic E-state index is 14.2. The van der Waals surface area contributed by atoms with Crippen molar-refractivity contribution in [1.82, 2.24) is 5.32 Å². The molecule has 1 aromatic rings. The molecule has 0 bridgehead atoms. The first-order valence-corrected chi connectivity index (χ1v) is 7.81. The molecule has 20 heavy (non-hydrogen) atoms. The molecule has 0 radical (unpaired) electrons. The predicted octanol–water partition coefficient (Wildman–Crippen LogP) is 4.46. The minimum Gasteiger partial charge on any atom is -0.497 e. The fourth-order valence-electron chi connectivity index (χ4n) is 3.24. The Bertz CT molecular complexity index is 415. The molecule has 1 N–H and O–H groups in total. The third kappa shape index (κ3) is 3.95. The third-order valence-electron chi connectivity index (χ3n) is 4.33. The van der Waals surface area contributed by atoms with Gasteiger partial charge in [-0.2, -0.15) is 0 Å². The lowest BCUT2D eigenvalue weighted by Gasteiger charge is -2.27. The molecular weight excluding hydrogens is 253 g/mol. The van der Waals surface area contributed by atoms with Gasteiger partial charge in [-0.25, -0.2) is 4.39 Å². The van der Waals surface area contributed by atoms with E-state index in [2.05, 4.69) is 12.2 Å². The summed E-state index contributed by atoms with van der Waals surface area (Å²) in [7, 11) is 1.57. The number of nitrogens with one attached hydrogen (secondary N) is 1. The molecule has 1 aliphatic carbocycles. The molecule has 1 aliphatic rings. The first-order chi connectivity index (χ1) is 9.74. The van der Waals surface area contributed by atoms with Crippen molar-refractivity contribution < 1.29 is 9.13 Å². The summed E-state index contributed by atoms with van der Waals surface area (Å²) in [5, 5.41) is 3.44. The summed E-state index contributed by atoms with van der Waals surface area (Å²) in [6.07, 6.45) is 7.64. The Labute approximate surface area is 121 Å². The van der Waals surface area contributed by atoms with E-state index in [0.717, 1.165) is 24.4 Å². The Morgan fingerprint density at radius 2 is 2.05 bits per heavy atom. The van der Waals surface area contributed by atoms with Crippen LogP contribution in [-0.2, 0) is 0 Å². The second-order valence-corrected chi connectivity index (χ2v) is 5.74. The van der Waals surface area contributed by atoms with Gasteiger partial charge in [0, 0.05) is 17.7 Å². The summed E-state index contributed by atoms with van der Waals surface area (Å²) in [5.41, 5.74) is 0.776. The molecule has 0 aliphatic heterocycles. The summed E-state index contributed by atoms with van der Waals surface area (Å²) < 4.78 is 19.3. The van der Waals surface area contributed by atoms with Crippen molar-refractivity contribution in [3.63, 3.8) is 0 Å². The maximum atomic E-state index is 14.2. The van der Waals surface area contributed by atoms with Crippen molar-refractivity contribution >= 4 is 0 Å². The van der Waals surface area contributed by atoms with E-state index in [4.69, 9.17) is 4.74 Å². The average molecular weight is 279 g/mol. The monoisotopic (exact) mass is 279 g/mol. The van der Waals surface area contributed by atoms with Gasteiger partial charge in [-0.3, -0.25) is 0 Å². The largest absolute Gasteiger partial charge is 0.497 e. The zero-order chi connectivity index (χ0) is 14.4. The highest BCUT2D eigenvalue weighted by Gasteiger charge is 2.22. The minimum atomic E-state index is -0.161. The van der Waals surface area contributed by atoms with Crippen molar-refractivity contribution in [2.45, 2.75) is 51.5 Å². The SMILES string of the molecule is CCNC(CC1CCCCC1)c1ccc(OC)cc1F. The van der Waals surface area contributed by atoms with Gasteiger partial charge >= 0.3 is 0 Å². The van der Waals surface area contributed by atoms with Gasteiger partial charge in [-0.15, -0.1) is 0 Å². The topological polar surface area (TPSA) is 21.3 Å². The number of benzene rings is 1. The van der Waals surface area contributed by atoms with Gasteiger partial charge in [0.05, 0.1) is 7.11 Å². The van der Waals surface area contributed by atoms with Crippen molar-refractivity contribution in [2.75, 3.05) is 13.7 Å². The van der Waals surface area contributed by atoms with Crippen molar-refractivity contribution in [3.8, 4) is 5.75 Å². The Hall–Kier alpha value is -1.09. The van der Waals surface area contributed by atoms with E-state index in [1.54, 1.807) is 7.11 Å². The van der Waals surface area contributed by atoms with Gasteiger partial charge < -0.3 is 10.1 Å². The summed E-state index contributed by atoms with van der Waals surface area (Å²) in [5.74, 6) is 1.15. The number of rotatable bonds is 6. The lowest BCUT2D eigenvalue weighted by atomic mass is 9.83. The normalized spacial score (nSPS) is 17.9. The number of halogens is 1. The Balaban J connectivity index is 2.10. The van der Waals surface area contributed by atoms with E-state index >= 15 is 0 Å². The van der Waals surface area contributed by atoms with E-state index in [1.165, 1.54) is 38.2 Å². The van der Waals surface area contributed by atoms with Crippen LogP contribution in [-0.4, -0.2) is 13.7 Å². The van der Waals surface area contributed by atoms with Crippen LogP contribution in [0.2, 0.25) is 0 Å². The Kier molecular flexibility index (Phi) is 5.84. The van der Waals surface area contributed by atoms with Crippen LogP contribution in [0.1, 0.15) is 57.1 Å². The second-order valence-electron chi connectivity index (χ2n) is 5.74. The molecule has 0 amide bonds. The molecule has 2 rings (SSSR count). The van der Waals surface area contributed by atoms with Crippen LogP contribution < -0.4 is 10.1 Å². The van der Waals surface area contributed by atoms with Crippen LogP contribution >= 0.6 is 0 Å². The molecule has 1 unspecified atom stereocenters. The lowest BCUT2D eigenvalue weighted by molar-refractivity contribution is 0.298. The van der Waals surface area contributed by atoms with Gasteiger partial charge in [-0.05, 0) is 24.9 Å². The van der Waals surface area contributed by atoms with Gasteiger partial charge in [0.25, 0.3) is 0 Å². The molecule has 1 saturated carbocycles. The Morgan fingerprint density at radius 3 is 2.65 bits per heavy atom. The number of hydrogen-bond acceptors (Lipinski definition) is 2. The van der Waals surface area contributed by atoms with Crippen LogP contribution in [0.4, 0.5) is 4.39 Å². The van der Waals surface area contributed by atoms with E-state index < -0.39 is 0 Å². The van der Waals surface area contributed by atoms with Crippen molar-refractivity contribution in [3.05, 3.63) is 29.6 Å². The molecule has 0 aromatic heterocycles. The molecule has 1 atom stereocenters. The number of ether oxygens (including phenoxy) is 1. The van der Waals surface area contributed by atoms with E-state index in [-0.39, 0.29) is 11.9 Å². The Morgan fingerprint density at radius 1 is 1.30 bits per heavy atom. The summed E-state index contributed by atoms with van der Waals surface area (Å²) in [6.45, 7) is 2.94. The highest BCUT2D eigenvalue weighted by atomic mass is 19.1. The fraction of sp³-hybridized carbons (Fsp3) is 0.647. The molecular formula is C17H26FNO. The molecule has 0 heterocycles. The number of methoxy groups -OCH3 is 1. The number of hydrogen-bond donors (Lipinski definition) is 1. The van der Waals surface area contributed by atoms with Crippen LogP contribution in [0, 0.1) is 11.7 Å². The van der Waals surface area contributed by atoms with Crippen LogP contribution in [0.5, 0.6) is 5.75 Å². The second kappa shape index (κ2) is 7.63. The van der Waals surface area contributed by atoms with Crippen LogP contribution in [0.25, 0.3) is 0 Å². The zero-order valence-electron chi connectivity index (χ0n) is 12.6. The molecule has 0 saturated heterocycles. The lowest BCUT2D eigenvalue weighted by Crippen LogP contribution is -2.25. The van der Waals surface area contributed by atoms with Crippen molar-refractivity contribution in [1.29, 1.82) is 0 Å².